The van der Waals surface area contributed by atoms with Crippen LogP contribution in [0.15, 0.2) is 12.1 Å². The Morgan fingerprint density at radius 1 is 1.43 bits per heavy atom. The first-order valence-corrected chi connectivity index (χ1v) is 8.99. The van der Waals surface area contributed by atoms with Gasteiger partial charge >= 0.3 is 0 Å². The molecule has 0 aliphatic heterocycles. The maximum Gasteiger partial charge on any atom is 0.128 e. The monoisotopic (exact) mass is 330 g/mol. The van der Waals surface area contributed by atoms with Gasteiger partial charge in [0.1, 0.15) is 11.6 Å². The largest absolute Gasteiger partial charge is 0.327 e. The lowest BCUT2D eigenvalue weighted by Gasteiger charge is -2.13. The zero-order valence-electron chi connectivity index (χ0n) is 12.7. The quantitative estimate of drug-likeness (QED) is 0.778. The Hall–Kier alpha value is -0.940. The van der Waals surface area contributed by atoms with Gasteiger partial charge in [-0.05, 0) is 31.9 Å². The molecule has 116 valence electrons. The molecule has 0 spiro atoms. The Kier molecular flexibility index (Phi) is 5.04. The second kappa shape index (κ2) is 6.44. The maximum atomic E-state index is 13.7. The summed E-state index contributed by atoms with van der Waals surface area (Å²) in [6.07, 6.45) is 2.48. The molecule has 0 fully saturated rings. The molecule has 1 heterocycles. The molecule has 1 aromatic heterocycles. The number of hydrogen-bond donors (Lipinski definition) is 0. The standard InChI is InChI=1S/C15H20ClFN2OS/c1-9-7-14-13(8-12(9)17)18-15(11(3)16)19(14)6-5-10(2)21(4)20/h7-8,10-11H,5-6H2,1-4H3. The van der Waals surface area contributed by atoms with E-state index in [1.54, 1.807) is 19.2 Å². The fraction of sp³-hybridized carbons (Fsp3) is 0.533. The second-order valence-corrected chi connectivity index (χ2v) is 7.88. The van der Waals surface area contributed by atoms with Crippen molar-refractivity contribution in [3.63, 3.8) is 0 Å². The Balaban J connectivity index is 2.46. The molecule has 3 atom stereocenters. The number of fused-ring (bicyclic) bond motifs is 1. The average molecular weight is 331 g/mol. The van der Waals surface area contributed by atoms with Crippen LogP contribution in [-0.2, 0) is 17.3 Å². The van der Waals surface area contributed by atoms with Gasteiger partial charge < -0.3 is 4.57 Å². The Labute approximate surface area is 132 Å². The average Bonchev–Trinajstić information content (AvgIpc) is 2.74. The molecule has 0 bridgehead atoms. The normalized spacial score (nSPS) is 16.1. The van der Waals surface area contributed by atoms with Crippen molar-refractivity contribution >= 4 is 33.4 Å². The van der Waals surface area contributed by atoms with Gasteiger partial charge in [0.05, 0.1) is 16.4 Å². The number of aryl methyl sites for hydroxylation is 2. The number of hydrogen-bond acceptors (Lipinski definition) is 2. The number of benzene rings is 1. The van der Waals surface area contributed by atoms with Gasteiger partial charge in [-0.2, -0.15) is 0 Å². The predicted molar refractivity (Wildman–Crippen MR) is 86.8 cm³/mol. The topological polar surface area (TPSA) is 34.9 Å². The summed E-state index contributed by atoms with van der Waals surface area (Å²) in [5.41, 5.74) is 2.08. The number of halogens is 2. The van der Waals surface area contributed by atoms with Crippen molar-refractivity contribution in [2.75, 3.05) is 6.26 Å². The van der Waals surface area contributed by atoms with E-state index < -0.39 is 10.8 Å². The fourth-order valence-electron chi connectivity index (χ4n) is 2.28. The third-order valence-electron chi connectivity index (χ3n) is 3.74. The Morgan fingerprint density at radius 3 is 2.67 bits per heavy atom. The minimum absolute atomic E-state index is 0.0995. The molecule has 0 amide bonds. The molecule has 6 heteroatoms. The van der Waals surface area contributed by atoms with Crippen molar-refractivity contribution in [2.24, 2.45) is 0 Å². The highest BCUT2D eigenvalue weighted by Crippen LogP contribution is 2.27. The smallest absolute Gasteiger partial charge is 0.128 e. The molecule has 2 aromatic rings. The van der Waals surface area contributed by atoms with Gasteiger partial charge in [0.25, 0.3) is 0 Å². The van der Waals surface area contributed by atoms with Gasteiger partial charge in [-0.15, -0.1) is 11.6 Å². The lowest BCUT2D eigenvalue weighted by molar-refractivity contribution is 0.607. The highest BCUT2D eigenvalue weighted by atomic mass is 35.5. The van der Waals surface area contributed by atoms with Gasteiger partial charge in [0.15, 0.2) is 0 Å². The molecule has 1 aromatic carbocycles. The summed E-state index contributed by atoms with van der Waals surface area (Å²) < 4.78 is 27.2. The van der Waals surface area contributed by atoms with E-state index in [-0.39, 0.29) is 16.4 Å². The van der Waals surface area contributed by atoms with Gasteiger partial charge in [-0.3, -0.25) is 4.21 Å². The molecule has 0 radical (unpaired) electrons. The van der Waals surface area contributed by atoms with E-state index in [2.05, 4.69) is 4.98 Å². The third-order valence-corrected chi connectivity index (χ3v) is 5.30. The molecular formula is C15H20ClFN2OS. The van der Waals surface area contributed by atoms with Gasteiger partial charge in [0.2, 0.25) is 0 Å². The van der Waals surface area contributed by atoms with E-state index in [0.717, 1.165) is 17.8 Å². The molecule has 21 heavy (non-hydrogen) atoms. The molecule has 3 unspecified atom stereocenters. The first-order valence-electron chi connectivity index (χ1n) is 6.93. The highest BCUT2D eigenvalue weighted by Gasteiger charge is 2.17. The molecule has 0 saturated carbocycles. The Bertz CT molecular complexity index is 684. The lowest BCUT2D eigenvalue weighted by atomic mass is 10.2. The van der Waals surface area contributed by atoms with Gasteiger partial charge in [-0.1, -0.05) is 6.92 Å². The summed E-state index contributed by atoms with van der Waals surface area (Å²) in [5, 5.41) is -0.161. The molecule has 3 nitrogen and oxygen atoms in total. The molecule has 0 aliphatic carbocycles. The van der Waals surface area contributed by atoms with Crippen LogP contribution in [0.25, 0.3) is 11.0 Å². The van der Waals surface area contributed by atoms with E-state index in [0.29, 0.717) is 17.6 Å². The summed E-state index contributed by atoms with van der Waals surface area (Å²) >= 11 is 6.20. The number of aromatic nitrogens is 2. The van der Waals surface area contributed by atoms with Crippen molar-refractivity contribution in [3.05, 3.63) is 29.3 Å². The first-order chi connectivity index (χ1) is 9.81. The van der Waals surface area contributed by atoms with E-state index >= 15 is 0 Å². The summed E-state index contributed by atoms with van der Waals surface area (Å²) in [4.78, 5) is 4.45. The van der Waals surface area contributed by atoms with Gasteiger partial charge in [-0.25, -0.2) is 9.37 Å². The van der Waals surface area contributed by atoms with Crippen LogP contribution in [0.5, 0.6) is 0 Å². The Morgan fingerprint density at radius 2 is 2.10 bits per heavy atom. The van der Waals surface area contributed by atoms with Crippen LogP contribution >= 0.6 is 11.6 Å². The highest BCUT2D eigenvalue weighted by molar-refractivity contribution is 7.84. The minimum Gasteiger partial charge on any atom is -0.327 e. The predicted octanol–water partition coefficient (Wildman–Crippen LogP) is 3.94. The van der Waals surface area contributed by atoms with Crippen LogP contribution in [-0.4, -0.2) is 25.3 Å². The minimum atomic E-state index is -0.858. The number of nitrogens with zero attached hydrogens (tertiary/aromatic N) is 2. The van der Waals surface area contributed by atoms with E-state index in [1.807, 2.05) is 18.4 Å². The lowest BCUT2D eigenvalue weighted by Crippen LogP contribution is -2.14. The first kappa shape index (κ1) is 16.4. The number of imidazole rings is 1. The number of rotatable bonds is 5. The van der Waals surface area contributed by atoms with Gasteiger partial charge in [0, 0.05) is 34.9 Å². The summed E-state index contributed by atoms with van der Waals surface area (Å²) in [6.45, 7) is 6.22. The number of alkyl halides is 1. The van der Waals surface area contributed by atoms with Crippen LogP contribution in [0.1, 0.15) is 37.0 Å². The van der Waals surface area contributed by atoms with Crippen molar-refractivity contribution in [1.82, 2.24) is 9.55 Å². The van der Waals surface area contributed by atoms with Crippen LogP contribution in [0.3, 0.4) is 0 Å². The summed E-state index contributed by atoms with van der Waals surface area (Å²) in [7, 11) is -0.858. The third kappa shape index (κ3) is 3.46. The summed E-state index contributed by atoms with van der Waals surface area (Å²) in [6, 6.07) is 3.25. The molecule has 0 saturated heterocycles. The molecule has 2 rings (SSSR count). The van der Waals surface area contributed by atoms with Crippen molar-refractivity contribution < 1.29 is 8.60 Å². The van der Waals surface area contributed by atoms with E-state index in [9.17, 15) is 8.60 Å². The van der Waals surface area contributed by atoms with E-state index in [4.69, 9.17) is 11.6 Å². The van der Waals surface area contributed by atoms with Crippen LogP contribution in [0, 0.1) is 12.7 Å². The molecule has 0 N–H and O–H groups in total. The maximum absolute atomic E-state index is 13.7. The zero-order chi connectivity index (χ0) is 15.7. The van der Waals surface area contributed by atoms with Crippen LogP contribution in [0.2, 0.25) is 0 Å². The van der Waals surface area contributed by atoms with Crippen molar-refractivity contribution in [3.8, 4) is 0 Å². The zero-order valence-corrected chi connectivity index (χ0v) is 14.3. The fourth-order valence-corrected chi connectivity index (χ4v) is 2.89. The van der Waals surface area contributed by atoms with Crippen molar-refractivity contribution in [1.29, 1.82) is 0 Å². The van der Waals surface area contributed by atoms with Crippen molar-refractivity contribution in [2.45, 2.75) is 44.4 Å². The second-order valence-electron chi connectivity index (χ2n) is 5.43. The summed E-state index contributed by atoms with van der Waals surface area (Å²) in [5.74, 6) is 0.467. The van der Waals surface area contributed by atoms with E-state index in [1.165, 1.54) is 6.07 Å². The van der Waals surface area contributed by atoms with Crippen LogP contribution in [0.4, 0.5) is 4.39 Å². The molecule has 0 aliphatic rings. The van der Waals surface area contributed by atoms with Crippen LogP contribution < -0.4 is 0 Å². The SMILES string of the molecule is Cc1cc2c(cc1F)nc(C(C)Cl)n2CCC(C)S(C)=O. The molecular weight excluding hydrogens is 311 g/mol.